The number of rotatable bonds is 6. The lowest BCUT2D eigenvalue weighted by Gasteiger charge is -2.26. The van der Waals surface area contributed by atoms with Crippen LogP contribution >= 0.6 is 0 Å². The standard InChI is InChI=1S/C11H17N3O3/c1-2-3-9-13-11(17-14-9)5-4-10(15)12-8-6-16-7-8/h8H,2-7H2,1H3,(H,12,15). The molecule has 6 nitrogen and oxygen atoms in total. The maximum atomic E-state index is 11.5. The molecular weight excluding hydrogens is 222 g/mol. The summed E-state index contributed by atoms with van der Waals surface area (Å²) in [4.78, 5) is 15.7. The predicted octanol–water partition coefficient (Wildman–Crippen LogP) is 0.470. The third kappa shape index (κ3) is 3.52. The van der Waals surface area contributed by atoms with Gasteiger partial charge in [0, 0.05) is 19.3 Å². The minimum Gasteiger partial charge on any atom is -0.377 e. The van der Waals surface area contributed by atoms with Crippen LogP contribution in [0.1, 0.15) is 31.5 Å². The van der Waals surface area contributed by atoms with Crippen molar-refractivity contribution in [1.29, 1.82) is 0 Å². The maximum Gasteiger partial charge on any atom is 0.227 e. The summed E-state index contributed by atoms with van der Waals surface area (Å²) in [6.45, 7) is 3.30. The van der Waals surface area contributed by atoms with Crippen molar-refractivity contribution in [2.24, 2.45) is 0 Å². The Morgan fingerprint density at radius 3 is 2.94 bits per heavy atom. The van der Waals surface area contributed by atoms with Gasteiger partial charge in [-0.05, 0) is 6.42 Å². The Hall–Kier alpha value is -1.43. The van der Waals surface area contributed by atoms with Gasteiger partial charge in [-0.3, -0.25) is 4.79 Å². The van der Waals surface area contributed by atoms with Crippen molar-refractivity contribution >= 4 is 5.91 Å². The molecule has 0 aromatic carbocycles. The molecule has 0 atom stereocenters. The molecule has 1 amide bonds. The van der Waals surface area contributed by atoms with E-state index in [1.165, 1.54) is 0 Å². The molecule has 0 radical (unpaired) electrons. The molecule has 0 aliphatic carbocycles. The molecule has 1 aliphatic rings. The molecule has 2 rings (SSSR count). The molecule has 1 N–H and O–H groups in total. The van der Waals surface area contributed by atoms with Crippen LogP contribution < -0.4 is 5.32 Å². The van der Waals surface area contributed by atoms with Gasteiger partial charge < -0.3 is 14.6 Å². The van der Waals surface area contributed by atoms with Gasteiger partial charge in [-0.25, -0.2) is 0 Å². The number of hydrogen-bond acceptors (Lipinski definition) is 5. The fourth-order valence-electron chi connectivity index (χ4n) is 1.56. The number of ether oxygens (including phenoxy) is 1. The zero-order chi connectivity index (χ0) is 12.1. The maximum absolute atomic E-state index is 11.5. The van der Waals surface area contributed by atoms with E-state index in [1.807, 2.05) is 0 Å². The summed E-state index contributed by atoms with van der Waals surface area (Å²) in [7, 11) is 0. The highest BCUT2D eigenvalue weighted by atomic mass is 16.5. The number of carbonyl (C=O) groups is 1. The quantitative estimate of drug-likeness (QED) is 0.780. The monoisotopic (exact) mass is 239 g/mol. The third-order valence-corrected chi connectivity index (χ3v) is 2.55. The Bertz CT molecular complexity index is 374. The van der Waals surface area contributed by atoms with E-state index in [0.29, 0.717) is 31.9 Å². The van der Waals surface area contributed by atoms with Gasteiger partial charge in [-0.2, -0.15) is 4.98 Å². The minimum absolute atomic E-state index is 0.00791. The van der Waals surface area contributed by atoms with E-state index in [2.05, 4.69) is 22.4 Å². The van der Waals surface area contributed by atoms with E-state index in [9.17, 15) is 4.79 Å². The van der Waals surface area contributed by atoms with Crippen molar-refractivity contribution < 1.29 is 14.1 Å². The first kappa shape index (κ1) is 12.0. The van der Waals surface area contributed by atoms with Crippen molar-refractivity contribution in [1.82, 2.24) is 15.5 Å². The zero-order valence-corrected chi connectivity index (χ0v) is 9.94. The lowest BCUT2D eigenvalue weighted by atomic mass is 10.2. The largest absolute Gasteiger partial charge is 0.377 e. The molecule has 6 heteroatoms. The topological polar surface area (TPSA) is 77.2 Å². The van der Waals surface area contributed by atoms with E-state index in [0.717, 1.165) is 18.7 Å². The summed E-state index contributed by atoms with van der Waals surface area (Å²) >= 11 is 0. The Labute approximate surface area is 99.7 Å². The number of amides is 1. The van der Waals surface area contributed by atoms with Crippen molar-refractivity contribution in [2.45, 2.75) is 38.6 Å². The summed E-state index contributed by atoms with van der Waals surface area (Å²) in [5, 5.41) is 6.70. The minimum atomic E-state index is 0.00791. The molecule has 0 unspecified atom stereocenters. The summed E-state index contributed by atoms with van der Waals surface area (Å²) in [5.74, 6) is 1.26. The van der Waals surface area contributed by atoms with Gasteiger partial charge in [0.25, 0.3) is 0 Å². The Morgan fingerprint density at radius 1 is 1.47 bits per heavy atom. The molecule has 1 aromatic heterocycles. The molecule has 0 bridgehead atoms. The first-order valence-electron chi connectivity index (χ1n) is 5.96. The first-order valence-corrected chi connectivity index (χ1v) is 5.96. The Balaban J connectivity index is 1.70. The summed E-state index contributed by atoms with van der Waals surface area (Å²) in [6, 6.07) is 0.181. The Morgan fingerprint density at radius 2 is 2.29 bits per heavy atom. The summed E-state index contributed by atoms with van der Waals surface area (Å²) in [6.07, 6.45) is 2.68. The SMILES string of the molecule is CCCc1noc(CCC(=O)NC2COC2)n1. The molecule has 0 spiro atoms. The van der Waals surface area contributed by atoms with Crippen LogP contribution in [0.4, 0.5) is 0 Å². The number of carbonyl (C=O) groups excluding carboxylic acids is 1. The van der Waals surface area contributed by atoms with Gasteiger partial charge in [0.1, 0.15) is 0 Å². The first-order chi connectivity index (χ1) is 8.28. The van der Waals surface area contributed by atoms with Crippen molar-refractivity contribution in [3.63, 3.8) is 0 Å². The fourth-order valence-corrected chi connectivity index (χ4v) is 1.56. The lowest BCUT2D eigenvalue weighted by Crippen LogP contribution is -2.48. The number of nitrogens with one attached hydrogen (secondary N) is 1. The van der Waals surface area contributed by atoms with Gasteiger partial charge in [0.2, 0.25) is 11.8 Å². The van der Waals surface area contributed by atoms with Crippen LogP contribution in [-0.4, -0.2) is 35.3 Å². The predicted molar refractivity (Wildman–Crippen MR) is 59.4 cm³/mol. The van der Waals surface area contributed by atoms with Gasteiger partial charge in [0.15, 0.2) is 5.82 Å². The summed E-state index contributed by atoms with van der Waals surface area (Å²) < 4.78 is 10.0. The molecular formula is C11H17N3O3. The van der Waals surface area contributed by atoms with E-state index in [4.69, 9.17) is 9.26 Å². The van der Waals surface area contributed by atoms with Crippen molar-refractivity contribution in [2.75, 3.05) is 13.2 Å². The summed E-state index contributed by atoms with van der Waals surface area (Å²) in [5.41, 5.74) is 0. The molecule has 1 saturated heterocycles. The van der Waals surface area contributed by atoms with Gasteiger partial charge in [-0.15, -0.1) is 0 Å². The number of aromatic nitrogens is 2. The molecule has 17 heavy (non-hydrogen) atoms. The van der Waals surface area contributed by atoms with E-state index in [1.54, 1.807) is 0 Å². The Kier molecular flexibility index (Phi) is 4.08. The van der Waals surface area contributed by atoms with E-state index >= 15 is 0 Å². The van der Waals surface area contributed by atoms with Gasteiger partial charge in [-0.1, -0.05) is 12.1 Å². The highest BCUT2D eigenvalue weighted by Gasteiger charge is 2.20. The number of nitrogens with zero attached hydrogens (tertiary/aromatic N) is 2. The molecule has 1 aliphatic heterocycles. The molecule has 1 fully saturated rings. The average molecular weight is 239 g/mol. The van der Waals surface area contributed by atoms with Crippen molar-refractivity contribution in [3.8, 4) is 0 Å². The second kappa shape index (κ2) is 5.77. The van der Waals surface area contributed by atoms with Crippen LogP contribution in [0.3, 0.4) is 0 Å². The lowest BCUT2D eigenvalue weighted by molar-refractivity contribution is -0.125. The molecule has 94 valence electrons. The van der Waals surface area contributed by atoms with Gasteiger partial charge in [0.05, 0.1) is 19.3 Å². The zero-order valence-electron chi connectivity index (χ0n) is 9.94. The van der Waals surface area contributed by atoms with Crippen LogP contribution in [0, 0.1) is 0 Å². The van der Waals surface area contributed by atoms with Crippen LogP contribution in [0.15, 0.2) is 4.52 Å². The van der Waals surface area contributed by atoms with Crippen molar-refractivity contribution in [3.05, 3.63) is 11.7 Å². The van der Waals surface area contributed by atoms with Gasteiger partial charge >= 0.3 is 0 Å². The smallest absolute Gasteiger partial charge is 0.227 e. The van der Waals surface area contributed by atoms with E-state index < -0.39 is 0 Å². The fraction of sp³-hybridized carbons (Fsp3) is 0.727. The molecule has 2 heterocycles. The van der Waals surface area contributed by atoms with E-state index in [-0.39, 0.29) is 11.9 Å². The molecule has 1 aromatic rings. The normalized spacial score (nSPS) is 15.6. The molecule has 0 saturated carbocycles. The van der Waals surface area contributed by atoms with Crippen LogP contribution in [0.2, 0.25) is 0 Å². The second-order valence-electron chi connectivity index (χ2n) is 4.16. The number of aryl methyl sites for hydroxylation is 2. The van der Waals surface area contributed by atoms with Crippen LogP contribution in [0.25, 0.3) is 0 Å². The highest BCUT2D eigenvalue weighted by molar-refractivity contribution is 5.76. The number of hydrogen-bond donors (Lipinski definition) is 1. The third-order valence-electron chi connectivity index (χ3n) is 2.55. The van der Waals surface area contributed by atoms with Crippen LogP contribution in [0.5, 0.6) is 0 Å². The second-order valence-corrected chi connectivity index (χ2v) is 4.16. The average Bonchev–Trinajstić information content (AvgIpc) is 2.69. The highest BCUT2D eigenvalue weighted by Crippen LogP contribution is 2.04. The van der Waals surface area contributed by atoms with Crippen LogP contribution in [-0.2, 0) is 22.4 Å².